The molecule has 174 valence electrons. The summed E-state index contributed by atoms with van der Waals surface area (Å²) in [4.78, 5) is 12.5. The van der Waals surface area contributed by atoms with Crippen LogP contribution in [0.3, 0.4) is 0 Å². The summed E-state index contributed by atoms with van der Waals surface area (Å²) in [6.45, 7) is 1.83. The van der Waals surface area contributed by atoms with Crippen LogP contribution in [0.2, 0.25) is 10.0 Å². The Morgan fingerprint density at radius 2 is 1.74 bits per heavy atom. The highest BCUT2D eigenvalue weighted by atomic mass is 35.5. The van der Waals surface area contributed by atoms with Crippen LogP contribution in [0, 0.1) is 5.82 Å². The zero-order valence-corrected chi connectivity index (χ0v) is 20.2. The van der Waals surface area contributed by atoms with Gasteiger partial charge in [0.2, 0.25) is 5.91 Å². The first-order valence-electron chi connectivity index (χ1n) is 10.2. The number of anilines is 1. The molecule has 0 saturated carbocycles. The Bertz CT molecular complexity index is 1270. The standard InChI is InChI=1S/C24H19Cl2FN4O2S/c1-15(33-21-9-7-18(27)8-10-21)23-29-30-24(31(23)20-5-3-2-4-6-20)34-14-22(32)28-19-12-16(25)11-17(26)13-19/h2-13,15H,14H2,1H3,(H,28,32). The third-order valence-corrected chi connectivity index (χ3v) is 6.01. The first-order valence-corrected chi connectivity index (χ1v) is 11.9. The fourth-order valence-electron chi connectivity index (χ4n) is 3.18. The Morgan fingerprint density at radius 3 is 2.41 bits per heavy atom. The van der Waals surface area contributed by atoms with Crippen molar-refractivity contribution < 1.29 is 13.9 Å². The van der Waals surface area contributed by atoms with Gasteiger partial charge in [-0.2, -0.15) is 0 Å². The van der Waals surface area contributed by atoms with Crippen LogP contribution in [-0.2, 0) is 4.79 Å². The Balaban J connectivity index is 1.53. The van der Waals surface area contributed by atoms with Crippen molar-refractivity contribution in [2.75, 3.05) is 11.1 Å². The van der Waals surface area contributed by atoms with Crippen molar-refractivity contribution in [2.24, 2.45) is 0 Å². The first-order chi connectivity index (χ1) is 16.4. The van der Waals surface area contributed by atoms with Crippen LogP contribution < -0.4 is 10.1 Å². The number of amides is 1. The Hall–Kier alpha value is -3.07. The minimum Gasteiger partial charge on any atom is -0.483 e. The van der Waals surface area contributed by atoms with Gasteiger partial charge in [0.15, 0.2) is 17.1 Å². The molecule has 1 atom stereocenters. The van der Waals surface area contributed by atoms with E-state index in [1.54, 1.807) is 30.3 Å². The zero-order chi connectivity index (χ0) is 24.1. The number of carbonyl (C=O) groups is 1. The number of nitrogens with zero attached hydrogens (tertiary/aromatic N) is 3. The number of para-hydroxylation sites is 1. The molecule has 1 aromatic heterocycles. The lowest BCUT2D eigenvalue weighted by molar-refractivity contribution is -0.113. The van der Waals surface area contributed by atoms with E-state index in [1.165, 1.54) is 23.9 Å². The molecule has 1 N–H and O–H groups in total. The van der Waals surface area contributed by atoms with E-state index in [1.807, 2.05) is 41.8 Å². The van der Waals surface area contributed by atoms with Gasteiger partial charge in [-0.15, -0.1) is 10.2 Å². The van der Waals surface area contributed by atoms with Crippen molar-refractivity contribution in [3.63, 3.8) is 0 Å². The Kier molecular flexibility index (Phi) is 7.72. The second-order valence-electron chi connectivity index (χ2n) is 7.22. The number of nitrogens with one attached hydrogen (secondary N) is 1. The molecule has 34 heavy (non-hydrogen) atoms. The maximum atomic E-state index is 13.2. The molecule has 0 aliphatic heterocycles. The van der Waals surface area contributed by atoms with Gasteiger partial charge in [0.05, 0.1) is 5.75 Å². The summed E-state index contributed by atoms with van der Waals surface area (Å²) < 4.78 is 21.0. The number of benzene rings is 3. The predicted octanol–water partition coefficient (Wildman–Crippen LogP) is 6.58. The number of carbonyl (C=O) groups excluding carboxylic acids is 1. The number of rotatable bonds is 8. The molecule has 0 spiro atoms. The van der Waals surface area contributed by atoms with Gasteiger partial charge in [-0.3, -0.25) is 9.36 Å². The maximum Gasteiger partial charge on any atom is 0.234 e. The lowest BCUT2D eigenvalue weighted by atomic mass is 10.3. The van der Waals surface area contributed by atoms with Crippen molar-refractivity contribution in [3.05, 3.63) is 94.5 Å². The van der Waals surface area contributed by atoms with Gasteiger partial charge < -0.3 is 10.1 Å². The molecule has 0 aliphatic rings. The highest BCUT2D eigenvalue weighted by molar-refractivity contribution is 7.99. The highest BCUT2D eigenvalue weighted by Gasteiger charge is 2.21. The van der Waals surface area contributed by atoms with Gasteiger partial charge in [-0.25, -0.2) is 4.39 Å². The normalized spacial score (nSPS) is 11.8. The number of hydrogen-bond donors (Lipinski definition) is 1. The second kappa shape index (κ2) is 10.9. The second-order valence-corrected chi connectivity index (χ2v) is 9.04. The minimum atomic E-state index is -0.491. The summed E-state index contributed by atoms with van der Waals surface area (Å²) >= 11 is 13.2. The summed E-state index contributed by atoms with van der Waals surface area (Å²) in [7, 11) is 0. The average molecular weight is 517 g/mol. The largest absolute Gasteiger partial charge is 0.483 e. The molecule has 10 heteroatoms. The molecule has 1 unspecified atom stereocenters. The quantitative estimate of drug-likeness (QED) is 0.267. The molecule has 4 rings (SSSR count). The van der Waals surface area contributed by atoms with Crippen molar-refractivity contribution in [2.45, 2.75) is 18.2 Å². The summed E-state index contributed by atoms with van der Waals surface area (Å²) in [6.07, 6.45) is -0.491. The van der Waals surface area contributed by atoms with E-state index in [0.717, 1.165) is 5.69 Å². The molecule has 1 amide bonds. The number of ether oxygens (including phenoxy) is 1. The van der Waals surface area contributed by atoms with E-state index in [2.05, 4.69) is 15.5 Å². The van der Waals surface area contributed by atoms with Crippen molar-refractivity contribution in [1.82, 2.24) is 14.8 Å². The first kappa shape index (κ1) is 24.1. The molecule has 3 aromatic carbocycles. The molecule has 1 heterocycles. The van der Waals surface area contributed by atoms with Gasteiger partial charge in [0, 0.05) is 21.4 Å². The molecule has 0 radical (unpaired) electrons. The van der Waals surface area contributed by atoms with E-state index in [0.29, 0.717) is 32.5 Å². The molecule has 0 fully saturated rings. The molecular formula is C24H19Cl2FN4O2S. The van der Waals surface area contributed by atoms with Crippen LogP contribution in [0.1, 0.15) is 18.9 Å². The van der Waals surface area contributed by atoms with Crippen molar-refractivity contribution in [3.8, 4) is 11.4 Å². The number of thioether (sulfide) groups is 1. The molecule has 0 aliphatic carbocycles. The number of hydrogen-bond acceptors (Lipinski definition) is 5. The van der Waals surface area contributed by atoms with Gasteiger partial charge in [-0.05, 0) is 61.5 Å². The third-order valence-electron chi connectivity index (χ3n) is 4.64. The van der Waals surface area contributed by atoms with E-state index in [-0.39, 0.29) is 17.5 Å². The Morgan fingerprint density at radius 1 is 1.06 bits per heavy atom. The van der Waals surface area contributed by atoms with Crippen LogP contribution >= 0.6 is 35.0 Å². The average Bonchev–Trinajstić information content (AvgIpc) is 3.23. The molecule has 4 aromatic rings. The smallest absolute Gasteiger partial charge is 0.234 e. The highest BCUT2D eigenvalue weighted by Crippen LogP contribution is 2.28. The molecule has 0 saturated heterocycles. The summed E-state index contributed by atoms with van der Waals surface area (Å²) in [6, 6.07) is 20.1. The van der Waals surface area contributed by atoms with Crippen molar-refractivity contribution >= 4 is 46.6 Å². The topological polar surface area (TPSA) is 69.0 Å². The lowest BCUT2D eigenvalue weighted by Crippen LogP contribution is -2.15. The van der Waals surface area contributed by atoms with Gasteiger partial charge >= 0.3 is 0 Å². The van der Waals surface area contributed by atoms with Crippen LogP contribution in [0.4, 0.5) is 10.1 Å². The summed E-state index contributed by atoms with van der Waals surface area (Å²) in [5.74, 6) is 0.542. The van der Waals surface area contributed by atoms with Crippen LogP contribution in [0.15, 0.2) is 78.0 Å². The number of halogens is 3. The fraction of sp³-hybridized carbons (Fsp3) is 0.125. The predicted molar refractivity (Wildman–Crippen MR) is 133 cm³/mol. The van der Waals surface area contributed by atoms with Crippen molar-refractivity contribution in [1.29, 1.82) is 0 Å². The van der Waals surface area contributed by atoms with E-state index >= 15 is 0 Å². The third kappa shape index (κ3) is 6.08. The molecule has 6 nitrogen and oxygen atoms in total. The maximum absolute atomic E-state index is 13.2. The lowest BCUT2D eigenvalue weighted by Gasteiger charge is -2.16. The van der Waals surface area contributed by atoms with Gasteiger partial charge in [0.1, 0.15) is 11.6 Å². The van der Waals surface area contributed by atoms with Crippen LogP contribution in [0.5, 0.6) is 5.75 Å². The summed E-state index contributed by atoms with van der Waals surface area (Å²) in [5, 5.41) is 12.8. The zero-order valence-electron chi connectivity index (χ0n) is 17.9. The van der Waals surface area contributed by atoms with Crippen LogP contribution in [0.25, 0.3) is 5.69 Å². The SMILES string of the molecule is CC(Oc1ccc(F)cc1)c1nnc(SCC(=O)Nc2cc(Cl)cc(Cl)c2)n1-c1ccccc1. The Labute approximate surface area is 210 Å². The fourth-order valence-corrected chi connectivity index (χ4v) is 4.47. The minimum absolute atomic E-state index is 0.0856. The van der Waals surface area contributed by atoms with Crippen LogP contribution in [-0.4, -0.2) is 26.4 Å². The van der Waals surface area contributed by atoms with E-state index < -0.39 is 6.10 Å². The molecular weight excluding hydrogens is 498 g/mol. The number of aromatic nitrogens is 3. The van der Waals surface area contributed by atoms with E-state index in [9.17, 15) is 9.18 Å². The summed E-state index contributed by atoms with van der Waals surface area (Å²) in [5.41, 5.74) is 1.33. The molecule has 0 bridgehead atoms. The van der Waals surface area contributed by atoms with E-state index in [4.69, 9.17) is 27.9 Å². The van der Waals surface area contributed by atoms with Gasteiger partial charge in [-0.1, -0.05) is 53.2 Å². The monoisotopic (exact) mass is 516 g/mol. The van der Waals surface area contributed by atoms with Gasteiger partial charge in [0.25, 0.3) is 0 Å².